The number of aryl methyl sites for hydroxylation is 1. The predicted molar refractivity (Wildman–Crippen MR) is 102 cm³/mol. The predicted octanol–water partition coefficient (Wildman–Crippen LogP) is 3.05. The number of fused-ring (bicyclic) bond motifs is 5. The fourth-order valence-electron chi connectivity index (χ4n) is 3.26. The summed E-state index contributed by atoms with van der Waals surface area (Å²) in [4.78, 5) is 16.9. The van der Waals surface area contributed by atoms with Gasteiger partial charge in [0.1, 0.15) is 11.0 Å². The summed E-state index contributed by atoms with van der Waals surface area (Å²) in [5.41, 5.74) is 1.61. The van der Waals surface area contributed by atoms with Crippen LogP contribution in [0.1, 0.15) is 6.42 Å². The lowest BCUT2D eigenvalue weighted by Crippen LogP contribution is -2.15. The molecular weight excluding hydrogens is 312 g/mol. The molecule has 126 valence electrons. The van der Waals surface area contributed by atoms with Gasteiger partial charge in [-0.25, -0.2) is 0 Å². The maximum atomic E-state index is 13.0. The van der Waals surface area contributed by atoms with Crippen LogP contribution in [0.4, 0.5) is 0 Å². The summed E-state index contributed by atoms with van der Waals surface area (Å²) in [6, 6.07) is 15.3. The highest BCUT2D eigenvalue weighted by Crippen LogP contribution is 2.25. The number of hydrogen-bond acceptors (Lipinski definition) is 4. The molecule has 0 spiro atoms. The van der Waals surface area contributed by atoms with Crippen molar-refractivity contribution in [1.29, 1.82) is 0 Å². The van der Waals surface area contributed by atoms with E-state index in [0.717, 1.165) is 41.3 Å². The summed E-state index contributed by atoms with van der Waals surface area (Å²) < 4.78 is 0. The fraction of sp³-hybridized carbons (Fsp3) is 0.250. The summed E-state index contributed by atoms with van der Waals surface area (Å²) in [5, 5.41) is 12.5. The molecule has 0 fully saturated rings. The Morgan fingerprint density at radius 2 is 1.32 bits per heavy atom. The second kappa shape index (κ2) is 6.26. The van der Waals surface area contributed by atoms with Gasteiger partial charge in [-0.05, 0) is 27.1 Å². The van der Waals surface area contributed by atoms with Gasteiger partial charge in [-0.1, -0.05) is 48.5 Å². The van der Waals surface area contributed by atoms with E-state index in [1.54, 1.807) is 4.80 Å². The van der Waals surface area contributed by atoms with Crippen LogP contribution in [0.2, 0.25) is 0 Å². The quantitative estimate of drug-likeness (QED) is 0.576. The third-order valence-corrected chi connectivity index (χ3v) is 4.47. The summed E-state index contributed by atoms with van der Waals surface area (Å²) in [6.45, 7) is 1.74. The Morgan fingerprint density at radius 3 is 1.80 bits per heavy atom. The molecule has 5 nitrogen and oxygen atoms in total. The molecule has 4 rings (SSSR count). The van der Waals surface area contributed by atoms with Crippen LogP contribution in [0.5, 0.6) is 0 Å². The summed E-state index contributed by atoms with van der Waals surface area (Å²) in [7, 11) is 4.12. The highest BCUT2D eigenvalue weighted by molar-refractivity contribution is 6.13. The maximum absolute atomic E-state index is 13.0. The smallest absolute Gasteiger partial charge is 0.194 e. The Hall–Kier alpha value is -2.79. The normalized spacial score (nSPS) is 11.8. The van der Waals surface area contributed by atoms with Gasteiger partial charge in [0.05, 0.1) is 6.54 Å². The first-order valence-electron chi connectivity index (χ1n) is 8.48. The van der Waals surface area contributed by atoms with E-state index in [1.165, 1.54) is 0 Å². The van der Waals surface area contributed by atoms with Crippen LogP contribution in [0, 0.1) is 0 Å². The number of benzene rings is 2. The molecule has 25 heavy (non-hydrogen) atoms. The molecule has 0 saturated heterocycles. The average molecular weight is 332 g/mol. The van der Waals surface area contributed by atoms with Crippen LogP contribution in [-0.4, -0.2) is 40.5 Å². The van der Waals surface area contributed by atoms with Crippen molar-refractivity contribution >= 4 is 32.6 Å². The van der Waals surface area contributed by atoms with E-state index in [0.29, 0.717) is 10.8 Å². The van der Waals surface area contributed by atoms with Crippen molar-refractivity contribution in [3.63, 3.8) is 0 Å². The highest BCUT2D eigenvalue weighted by Gasteiger charge is 2.13. The molecule has 0 atom stereocenters. The topological polar surface area (TPSA) is 51.0 Å². The first kappa shape index (κ1) is 15.7. The van der Waals surface area contributed by atoms with Crippen molar-refractivity contribution < 1.29 is 0 Å². The lowest BCUT2D eigenvalue weighted by molar-refractivity contribution is 0.372. The average Bonchev–Trinajstić information content (AvgIpc) is 3.01. The van der Waals surface area contributed by atoms with Crippen LogP contribution < -0.4 is 5.43 Å². The van der Waals surface area contributed by atoms with Crippen molar-refractivity contribution in [2.75, 3.05) is 20.6 Å². The van der Waals surface area contributed by atoms with Gasteiger partial charge in [-0.2, -0.15) is 15.0 Å². The highest BCUT2D eigenvalue weighted by atomic mass is 16.1. The van der Waals surface area contributed by atoms with Crippen molar-refractivity contribution in [2.45, 2.75) is 13.0 Å². The van der Waals surface area contributed by atoms with Gasteiger partial charge in [0.15, 0.2) is 5.43 Å². The van der Waals surface area contributed by atoms with E-state index in [4.69, 9.17) is 10.2 Å². The Labute approximate surface area is 145 Å². The molecule has 3 aromatic carbocycles. The molecule has 0 aliphatic carbocycles. The minimum absolute atomic E-state index is 0.0326. The zero-order valence-electron chi connectivity index (χ0n) is 14.4. The minimum Gasteiger partial charge on any atom is -0.309 e. The molecule has 0 aliphatic rings. The number of hydrogen-bond donors (Lipinski definition) is 0. The van der Waals surface area contributed by atoms with E-state index < -0.39 is 0 Å². The fourth-order valence-corrected chi connectivity index (χ4v) is 3.26. The van der Waals surface area contributed by atoms with Gasteiger partial charge in [-0.15, -0.1) is 0 Å². The molecule has 0 unspecified atom stereocenters. The summed E-state index contributed by atoms with van der Waals surface area (Å²) in [6.07, 6.45) is 0.975. The summed E-state index contributed by atoms with van der Waals surface area (Å²) in [5.74, 6) is 0. The van der Waals surface area contributed by atoms with Gasteiger partial charge in [-0.3, -0.25) is 4.79 Å². The monoisotopic (exact) mass is 332 g/mol. The van der Waals surface area contributed by atoms with Crippen LogP contribution in [0.15, 0.2) is 53.3 Å². The van der Waals surface area contributed by atoms with E-state index in [1.807, 2.05) is 48.5 Å². The first-order valence-corrected chi connectivity index (χ1v) is 8.48. The Bertz CT molecular complexity index is 1050. The van der Waals surface area contributed by atoms with Gasteiger partial charge in [0.2, 0.25) is 0 Å². The third-order valence-electron chi connectivity index (χ3n) is 4.47. The Kier molecular flexibility index (Phi) is 3.93. The number of aromatic nitrogens is 3. The lowest BCUT2D eigenvalue weighted by atomic mass is 10.1. The van der Waals surface area contributed by atoms with Crippen molar-refractivity contribution in [1.82, 2.24) is 19.9 Å². The molecule has 0 saturated carbocycles. The van der Waals surface area contributed by atoms with Crippen LogP contribution >= 0.6 is 0 Å². The van der Waals surface area contributed by atoms with Crippen LogP contribution in [0.25, 0.3) is 32.6 Å². The molecule has 0 N–H and O–H groups in total. The summed E-state index contributed by atoms with van der Waals surface area (Å²) >= 11 is 0. The SMILES string of the molecule is CN(C)CCCn1nc2c3ccccc3c(=O)c3ccccc3c2n1. The van der Waals surface area contributed by atoms with Gasteiger partial charge in [0.25, 0.3) is 0 Å². The van der Waals surface area contributed by atoms with E-state index in [9.17, 15) is 4.79 Å². The molecule has 1 heterocycles. The third kappa shape index (κ3) is 2.76. The Balaban J connectivity index is 2.03. The van der Waals surface area contributed by atoms with E-state index in [-0.39, 0.29) is 5.43 Å². The van der Waals surface area contributed by atoms with Crippen molar-refractivity contribution in [3.8, 4) is 0 Å². The Morgan fingerprint density at radius 1 is 0.840 bits per heavy atom. The number of rotatable bonds is 4. The van der Waals surface area contributed by atoms with Crippen molar-refractivity contribution in [2.24, 2.45) is 0 Å². The zero-order valence-corrected chi connectivity index (χ0v) is 14.4. The van der Waals surface area contributed by atoms with Crippen molar-refractivity contribution in [3.05, 3.63) is 58.8 Å². The molecule has 0 amide bonds. The molecule has 5 heteroatoms. The van der Waals surface area contributed by atoms with Gasteiger partial charge >= 0.3 is 0 Å². The number of nitrogens with zero attached hydrogens (tertiary/aromatic N) is 4. The molecule has 0 bridgehead atoms. The van der Waals surface area contributed by atoms with E-state index >= 15 is 0 Å². The molecule has 0 aliphatic heterocycles. The van der Waals surface area contributed by atoms with Crippen LogP contribution in [-0.2, 0) is 6.54 Å². The standard InChI is InChI=1S/C20H20N4O/c1-23(2)12-7-13-24-21-18-14-8-3-5-10-16(14)20(25)17-11-6-4-9-15(17)19(18)22-24/h3-6,8-11H,7,12-13H2,1-2H3. The zero-order chi connectivity index (χ0) is 17.4. The molecule has 0 radical (unpaired) electrons. The maximum Gasteiger partial charge on any atom is 0.194 e. The second-order valence-electron chi connectivity index (χ2n) is 6.57. The first-order chi connectivity index (χ1) is 12.1. The van der Waals surface area contributed by atoms with E-state index in [2.05, 4.69) is 19.0 Å². The molecule has 1 aromatic heterocycles. The second-order valence-corrected chi connectivity index (χ2v) is 6.57. The molecular formula is C20H20N4O. The minimum atomic E-state index is 0.0326. The van der Waals surface area contributed by atoms with Gasteiger partial charge < -0.3 is 4.90 Å². The van der Waals surface area contributed by atoms with Gasteiger partial charge in [0, 0.05) is 21.5 Å². The van der Waals surface area contributed by atoms with Crippen LogP contribution in [0.3, 0.4) is 0 Å². The lowest BCUT2D eigenvalue weighted by Gasteiger charge is -2.07. The largest absolute Gasteiger partial charge is 0.309 e. The molecule has 4 aromatic rings.